The summed E-state index contributed by atoms with van der Waals surface area (Å²) in [5.74, 6) is -0.975. The number of nitrogens with zero attached hydrogens (tertiary/aromatic N) is 2. The third-order valence-electron chi connectivity index (χ3n) is 9.01. The van der Waals surface area contributed by atoms with Crippen molar-refractivity contribution in [1.82, 2.24) is 26.2 Å². The molecule has 1 heterocycles. The maximum absolute atomic E-state index is 13.9. The summed E-state index contributed by atoms with van der Waals surface area (Å²) in [6, 6.07) is 22.5. The highest BCUT2D eigenvalue weighted by molar-refractivity contribution is 7.92. The van der Waals surface area contributed by atoms with E-state index in [1.807, 2.05) is 74.5 Å². The minimum atomic E-state index is -3.69. The van der Waals surface area contributed by atoms with E-state index in [-0.39, 0.29) is 34.8 Å². The van der Waals surface area contributed by atoms with Gasteiger partial charge in [-0.05, 0) is 82.1 Å². The van der Waals surface area contributed by atoms with Crippen LogP contribution >= 0.6 is 0 Å². The van der Waals surface area contributed by atoms with Crippen LogP contribution in [0.4, 0.5) is 5.69 Å². The first-order valence-electron chi connectivity index (χ1n) is 16.9. The highest BCUT2D eigenvalue weighted by Gasteiger charge is 2.25. The van der Waals surface area contributed by atoms with E-state index in [1.54, 1.807) is 0 Å². The molecule has 1 saturated heterocycles. The van der Waals surface area contributed by atoms with E-state index in [0.717, 1.165) is 47.6 Å². The Balaban J connectivity index is 1.55. The minimum absolute atomic E-state index is 0.0567. The van der Waals surface area contributed by atoms with Gasteiger partial charge >= 0.3 is 0 Å². The first kappa shape index (κ1) is 37.6. The Bertz CT molecular complexity index is 1660. The third kappa shape index (κ3) is 11.1. The molecule has 0 unspecified atom stereocenters. The fourth-order valence-electron chi connectivity index (χ4n) is 5.85. The van der Waals surface area contributed by atoms with E-state index in [2.05, 4.69) is 33.2 Å². The lowest BCUT2D eigenvalue weighted by Gasteiger charge is -2.31. The second-order valence-corrected chi connectivity index (χ2v) is 14.9. The average molecular weight is 691 g/mol. The first-order chi connectivity index (χ1) is 23.3. The quantitative estimate of drug-likeness (QED) is 0.192. The van der Waals surface area contributed by atoms with Gasteiger partial charge in [0.15, 0.2) is 0 Å². The van der Waals surface area contributed by atoms with Gasteiger partial charge in [0.1, 0.15) is 0 Å². The number of amides is 3. The number of benzene rings is 3. The number of sulfonamides is 1. The fraction of sp³-hybridized carbons (Fsp3) is 0.432. The van der Waals surface area contributed by atoms with Crippen LogP contribution in [-0.4, -0.2) is 89.2 Å². The van der Waals surface area contributed by atoms with Crippen molar-refractivity contribution < 1.29 is 22.8 Å². The molecule has 264 valence electrons. The smallest absolute Gasteiger partial charge is 0.251 e. The summed E-state index contributed by atoms with van der Waals surface area (Å²) >= 11 is 0. The Morgan fingerprint density at radius 1 is 0.898 bits per heavy atom. The number of nitrogens with one attached hydrogen (secondary N) is 4. The van der Waals surface area contributed by atoms with Crippen LogP contribution in [0, 0.1) is 0 Å². The summed E-state index contributed by atoms with van der Waals surface area (Å²) in [5.41, 5.74) is 2.37. The SMILES string of the molecule is CC[C@H](NC[C@H](Cc1ccccc1)NC(=O)c1cc(C(=O)N[C@H](C)c2ccccc2)cc(N(C)S(C)(=O)=O)c1)C(=O)NC1CCN(C)CC1. The van der Waals surface area contributed by atoms with Crippen molar-refractivity contribution >= 4 is 33.4 Å². The Labute approximate surface area is 290 Å². The molecule has 3 aromatic carbocycles. The van der Waals surface area contributed by atoms with Crippen molar-refractivity contribution in [1.29, 1.82) is 0 Å². The molecule has 1 aliphatic rings. The average Bonchev–Trinajstić information content (AvgIpc) is 3.09. The highest BCUT2D eigenvalue weighted by atomic mass is 32.2. The number of carbonyl (C=O) groups excluding carboxylic acids is 3. The van der Waals surface area contributed by atoms with Crippen molar-refractivity contribution in [3.05, 3.63) is 101 Å². The maximum Gasteiger partial charge on any atom is 0.251 e. The van der Waals surface area contributed by atoms with Gasteiger partial charge in [0.05, 0.1) is 24.0 Å². The summed E-state index contributed by atoms with van der Waals surface area (Å²) in [5, 5.41) is 12.6. The van der Waals surface area contributed by atoms with Crippen LogP contribution in [0.2, 0.25) is 0 Å². The number of carbonyl (C=O) groups is 3. The number of hydrogen-bond acceptors (Lipinski definition) is 7. The molecule has 0 bridgehead atoms. The number of rotatable bonds is 15. The summed E-state index contributed by atoms with van der Waals surface area (Å²) in [4.78, 5) is 42.8. The predicted molar refractivity (Wildman–Crippen MR) is 194 cm³/mol. The van der Waals surface area contributed by atoms with Gasteiger partial charge in [0.25, 0.3) is 11.8 Å². The van der Waals surface area contributed by atoms with Crippen LogP contribution in [0.3, 0.4) is 0 Å². The van der Waals surface area contributed by atoms with Crippen LogP contribution in [0.5, 0.6) is 0 Å². The Morgan fingerprint density at radius 2 is 1.47 bits per heavy atom. The normalized spacial score (nSPS) is 15.9. The number of piperidine rings is 1. The number of likely N-dealkylation sites (tertiary alicyclic amines) is 1. The summed E-state index contributed by atoms with van der Waals surface area (Å²) in [7, 11) is -0.233. The van der Waals surface area contributed by atoms with E-state index in [4.69, 9.17) is 0 Å². The number of hydrogen-bond donors (Lipinski definition) is 4. The van der Waals surface area contributed by atoms with E-state index in [0.29, 0.717) is 19.4 Å². The van der Waals surface area contributed by atoms with Crippen LogP contribution in [0.25, 0.3) is 0 Å². The fourth-order valence-corrected chi connectivity index (χ4v) is 6.34. The van der Waals surface area contributed by atoms with Gasteiger partial charge in [-0.15, -0.1) is 0 Å². The molecule has 4 N–H and O–H groups in total. The minimum Gasteiger partial charge on any atom is -0.352 e. The van der Waals surface area contributed by atoms with Crippen LogP contribution in [-0.2, 0) is 21.2 Å². The molecule has 1 fully saturated rings. The molecular formula is C37H50N6O5S. The molecule has 0 spiro atoms. The van der Waals surface area contributed by atoms with Crippen molar-refractivity contribution in [3.63, 3.8) is 0 Å². The molecule has 0 aromatic heterocycles. The van der Waals surface area contributed by atoms with Gasteiger partial charge in [-0.3, -0.25) is 18.7 Å². The predicted octanol–water partition coefficient (Wildman–Crippen LogP) is 3.49. The molecular weight excluding hydrogens is 641 g/mol. The van der Waals surface area contributed by atoms with Gasteiger partial charge in [-0.25, -0.2) is 8.42 Å². The molecule has 4 rings (SSSR count). The van der Waals surface area contributed by atoms with Crippen molar-refractivity contribution in [2.45, 2.75) is 63.7 Å². The largest absolute Gasteiger partial charge is 0.352 e. The molecule has 49 heavy (non-hydrogen) atoms. The standard InChI is InChI=1S/C37H50N6O5S/c1-6-34(37(46)40-31-17-19-42(3)20-18-31)38-25-32(21-27-13-9-7-10-14-27)41-36(45)30-22-29(23-33(24-30)43(4)49(5,47)48)35(44)39-26(2)28-15-11-8-12-16-28/h7-16,22-24,26,31-32,34,38H,6,17-21,25H2,1-5H3,(H,39,44)(H,40,46)(H,41,45)/t26-,32+,34+/m1/s1. The van der Waals surface area contributed by atoms with Gasteiger partial charge in [0.2, 0.25) is 15.9 Å². The Morgan fingerprint density at radius 3 is 2.04 bits per heavy atom. The zero-order valence-electron chi connectivity index (χ0n) is 29.1. The molecule has 3 atom stereocenters. The molecule has 3 amide bonds. The van der Waals surface area contributed by atoms with Crippen LogP contribution < -0.4 is 25.6 Å². The van der Waals surface area contributed by atoms with Crippen LogP contribution in [0.1, 0.15) is 71.0 Å². The van der Waals surface area contributed by atoms with Crippen LogP contribution in [0.15, 0.2) is 78.9 Å². The van der Waals surface area contributed by atoms with E-state index >= 15 is 0 Å². The molecule has 0 aliphatic carbocycles. The van der Waals surface area contributed by atoms with Crippen molar-refractivity contribution in [2.24, 2.45) is 0 Å². The molecule has 0 radical (unpaired) electrons. The molecule has 0 saturated carbocycles. The summed E-state index contributed by atoms with van der Waals surface area (Å²) < 4.78 is 26.0. The van der Waals surface area contributed by atoms with Gasteiger partial charge in [-0.1, -0.05) is 67.6 Å². The second kappa shape index (κ2) is 17.4. The van der Waals surface area contributed by atoms with Crippen molar-refractivity contribution in [3.8, 4) is 0 Å². The van der Waals surface area contributed by atoms with E-state index < -0.39 is 33.9 Å². The Hall–Kier alpha value is -4.26. The lowest BCUT2D eigenvalue weighted by atomic mass is 10.0. The van der Waals surface area contributed by atoms with E-state index in [9.17, 15) is 22.8 Å². The lowest BCUT2D eigenvalue weighted by molar-refractivity contribution is -0.124. The molecule has 11 nitrogen and oxygen atoms in total. The summed E-state index contributed by atoms with van der Waals surface area (Å²) in [6.07, 6.45) is 3.93. The van der Waals surface area contributed by atoms with Gasteiger partial charge < -0.3 is 26.2 Å². The first-order valence-corrected chi connectivity index (χ1v) is 18.7. The maximum atomic E-state index is 13.9. The highest BCUT2D eigenvalue weighted by Crippen LogP contribution is 2.22. The van der Waals surface area contributed by atoms with Gasteiger partial charge in [-0.2, -0.15) is 0 Å². The van der Waals surface area contributed by atoms with Crippen molar-refractivity contribution in [2.75, 3.05) is 44.3 Å². The topological polar surface area (TPSA) is 140 Å². The molecule has 1 aliphatic heterocycles. The lowest BCUT2D eigenvalue weighted by Crippen LogP contribution is -2.53. The summed E-state index contributed by atoms with van der Waals surface area (Å²) in [6.45, 7) is 6.00. The zero-order valence-corrected chi connectivity index (χ0v) is 29.9. The van der Waals surface area contributed by atoms with E-state index in [1.165, 1.54) is 25.2 Å². The molecule has 12 heteroatoms. The van der Waals surface area contributed by atoms with Gasteiger partial charge in [0, 0.05) is 36.8 Å². The molecule has 3 aromatic rings. The number of anilines is 1. The second-order valence-electron chi connectivity index (χ2n) is 12.9. The Kier molecular flexibility index (Phi) is 13.3. The third-order valence-corrected chi connectivity index (χ3v) is 10.2. The monoisotopic (exact) mass is 690 g/mol. The zero-order chi connectivity index (χ0) is 35.6.